The van der Waals surface area contributed by atoms with Gasteiger partial charge < -0.3 is 19.5 Å². The average molecular weight is 570 g/mol. The van der Waals surface area contributed by atoms with Gasteiger partial charge in [-0.2, -0.15) is 0 Å². The maximum absolute atomic E-state index is 15.5. The summed E-state index contributed by atoms with van der Waals surface area (Å²) < 4.78 is 23.5. The molecule has 1 N–H and O–H groups in total. The number of carbonyl (C=O) groups excluding carboxylic acids is 1. The number of nitrogens with one attached hydrogen (secondary N) is 1. The summed E-state index contributed by atoms with van der Waals surface area (Å²) in [6.07, 6.45) is 6.27. The first-order valence-electron chi connectivity index (χ1n) is 13.2. The van der Waals surface area contributed by atoms with Crippen LogP contribution in [0.25, 0.3) is 22.1 Å². The number of benzene rings is 2. The van der Waals surface area contributed by atoms with Gasteiger partial charge in [0, 0.05) is 37.0 Å². The summed E-state index contributed by atoms with van der Waals surface area (Å²) in [6, 6.07) is 12.8. The van der Waals surface area contributed by atoms with Crippen molar-refractivity contribution >= 4 is 51.2 Å². The van der Waals surface area contributed by atoms with E-state index in [0.29, 0.717) is 52.3 Å². The number of halogens is 1. The van der Waals surface area contributed by atoms with Gasteiger partial charge in [0.15, 0.2) is 11.6 Å². The summed E-state index contributed by atoms with van der Waals surface area (Å²) in [7, 11) is 1.93. The van der Waals surface area contributed by atoms with Gasteiger partial charge in [0.25, 0.3) is 0 Å². The van der Waals surface area contributed by atoms with E-state index in [-0.39, 0.29) is 11.6 Å². The van der Waals surface area contributed by atoms with E-state index < -0.39 is 5.82 Å². The fourth-order valence-electron chi connectivity index (χ4n) is 4.88. The zero-order valence-corrected chi connectivity index (χ0v) is 23.5. The van der Waals surface area contributed by atoms with E-state index in [1.54, 1.807) is 37.1 Å². The summed E-state index contributed by atoms with van der Waals surface area (Å²) in [5, 5.41) is 4.27. The van der Waals surface area contributed by atoms with Crippen molar-refractivity contribution in [2.45, 2.75) is 30.0 Å². The fourth-order valence-corrected chi connectivity index (χ4v) is 5.96. The van der Waals surface area contributed by atoms with Gasteiger partial charge in [-0.05, 0) is 62.2 Å². The first kappa shape index (κ1) is 26.7. The minimum atomic E-state index is -0.445. The molecule has 1 fully saturated rings. The Morgan fingerprint density at radius 3 is 2.76 bits per heavy atom. The molecule has 0 radical (unpaired) electrons. The molecule has 2 aromatic carbocycles. The standard InChI is InChI=1S/C30H28FN7O2S/c1-4-27(39)38-13-11-20(12-14-38)41-26-10-7-22-29(36-26)30(33-16-32-22)35-21-6-9-25(18(2)28(21)31)40-19-5-8-24-23(15-19)34-17-37(24)3/h4-10,15-17,20H,1,11-14H2,2-3H3,(H,32,33,35). The number of rotatable bonds is 7. The van der Waals surface area contributed by atoms with Crippen LogP contribution in [0.2, 0.25) is 0 Å². The highest BCUT2D eigenvalue weighted by atomic mass is 32.2. The maximum Gasteiger partial charge on any atom is 0.245 e. The summed E-state index contributed by atoms with van der Waals surface area (Å²) in [5.74, 6) is 0.927. The molecule has 208 valence electrons. The molecule has 0 spiro atoms. The zero-order chi connectivity index (χ0) is 28.5. The van der Waals surface area contributed by atoms with Crippen molar-refractivity contribution in [1.82, 2.24) is 29.4 Å². The van der Waals surface area contributed by atoms with Gasteiger partial charge in [-0.15, -0.1) is 11.8 Å². The number of anilines is 2. The zero-order valence-electron chi connectivity index (χ0n) is 22.7. The predicted octanol–water partition coefficient (Wildman–Crippen LogP) is 6.16. The van der Waals surface area contributed by atoms with E-state index >= 15 is 4.39 Å². The van der Waals surface area contributed by atoms with E-state index in [9.17, 15) is 4.79 Å². The number of thioether (sulfide) groups is 1. The Hall–Kier alpha value is -4.51. The van der Waals surface area contributed by atoms with Crippen LogP contribution >= 0.6 is 11.8 Å². The lowest BCUT2D eigenvalue weighted by atomic mass is 10.1. The molecule has 0 bridgehead atoms. The van der Waals surface area contributed by atoms with Crippen molar-refractivity contribution < 1.29 is 13.9 Å². The van der Waals surface area contributed by atoms with Crippen molar-refractivity contribution in [2.75, 3.05) is 18.4 Å². The quantitative estimate of drug-likeness (QED) is 0.233. The Bertz CT molecular complexity index is 1780. The normalized spacial score (nSPS) is 14.0. The van der Waals surface area contributed by atoms with Gasteiger partial charge >= 0.3 is 0 Å². The molecule has 0 atom stereocenters. The van der Waals surface area contributed by atoms with Crippen LogP contribution < -0.4 is 10.1 Å². The number of piperidine rings is 1. The van der Waals surface area contributed by atoms with Crippen molar-refractivity contribution in [3.05, 3.63) is 79.2 Å². The average Bonchev–Trinajstić information content (AvgIpc) is 3.36. The maximum atomic E-state index is 15.5. The number of carbonyl (C=O) groups is 1. The Morgan fingerprint density at radius 1 is 1.12 bits per heavy atom. The minimum Gasteiger partial charge on any atom is -0.457 e. The molecule has 41 heavy (non-hydrogen) atoms. The van der Waals surface area contributed by atoms with Crippen molar-refractivity contribution in [3.8, 4) is 11.5 Å². The molecule has 1 saturated heterocycles. The molecule has 3 aromatic heterocycles. The SMILES string of the molecule is C=CC(=O)N1CCC(Sc2ccc3ncnc(Nc4ccc(Oc5ccc6c(c5)ncn6C)c(C)c4F)c3n2)CC1. The molecule has 4 heterocycles. The molecule has 0 saturated carbocycles. The van der Waals surface area contributed by atoms with Crippen molar-refractivity contribution in [3.63, 3.8) is 0 Å². The highest BCUT2D eigenvalue weighted by molar-refractivity contribution is 7.99. The Morgan fingerprint density at radius 2 is 1.95 bits per heavy atom. The van der Waals surface area contributed by atoms with E-state index in [1.807, 2.05) is 46.8 Å². The number of likely N-dealkylation sites (tertiary alicyclic amines) is 1. The minimum absolute atomic E-state index is 0.0294. The second-order valence-electron chi connectivity index (χ2n) is 9.87. The van der Waals surface area contributed by atoms with E-state index in [1.165, 1.54) is 12.4 Å². The number of aromatic nitrogens is 5. The predicted molar refractivity (Wildman–Crippen MR) is 158 cm³/mol. The van der Waals surface area contributed by atoms with Gasteiger partial charge in [-0.25, -0.2) is 24.3 Å². The second kappa shape index (κ2) is 11.2. The molecular weight excluding hydrogens is 541 g/mol. The summed E-state index contributed by atoms with van der Waals surface area (Å²) in [5.41, 5.74) is 3.61. The van der Waals surface area contributed by atoms with Crippen LogP contribution in [0.4, 0.5) is 15.9 Å². The van der Waals surface area contributed by atoms with Crippen LogP contribution in [0.3, 0.4) is 0 Å². The van der Waals surface area contributed by atoms with Crippen LogP contribution in [0.15, 0.2) is 72.8 Å². The highest BCUT2D eigenvalue weighted by Gasteiger charge is 2.23. The summed E-state index contributed by atoms with van der Waals surface area (Å²) in [4.78, 5) is 31.6. The number of aryl methyl sites for hydroxylation is 1. The number of pyridine rings is 1. The first-order chi connectivity index (χ1) is 19.9. The van der Waals surface area contributed by atoms with Gasteiger partial charge in [-0.1, -0.05) is 6.58 Å². The molecule has 6 rings (SSSR count). The number of imidazole rings is 1. The molecule has 1 amide bonds. The van der Waals surface area contributed by atoms with Gasteiger partial charge in [0.1, 0.15) is 23.3 Å². The molecule has 0 aliphatic carbocycles. The summed E-state index contributed by atoms with van der Waals surface area (Å²) in [6.45, 7) is 6.64. The van der Waals surface area contributed by atoms with E-state index in [2.05, 4.69) is 26.8 Å². The number of hydrogen-bond donors (Lipinski definition) is 1. The Kier molecular flexibility index (Phi) is 7.27. The number of hydrogen-bond acceptors (Lipinski definition) is 8. The molecule has 11 heteroatoms. The van der Waals surface area contributed by atoms with E-state index in [0.717, 1.165) is 28.9 Å². The Balaban J connectivity index is 1.20. The lowest BCUT2D eigenvalue weighted by molar-refractivity contribution is -0.126. The lowest BCUT2D eigenvalue weighted by Gasteiger charge is -2.30. The number of nitrogens with zero attached hydrogens (tertiary/aromatic N) is 6. The van der Waals surface area contributed by atoms with Gasteiger partial charge in [0.2, 0.25) is 5.91 Å². The molecule has 1 aliphatic heterocycles. The van der Waals surface area contributed by atoms with E-state index in [4.69, 9.17) is 9.72 Å². The van der Waals surface area contributed by atoms with Crippen molar-refractivity contribution in [1.29, 1.82) is 0 Å². The molecule has 9 nitrogen and oxygen atoms in total. The monoisotopic (exact) mass is 569 g/mol. The third-order valence-electron chi connectivity index (χ3n) is 7.19. The first-order valence-corrected chi connectivity index (χ1v) is 14.1. The third kappa shape index (κ3) is 5.45. The van der Waals surface area contributed by atoms with Crippen LogP contribution in [-0.2, 0) is 11.8 Å². The Labute approximate surface area is 240 Å². The smallest absolute Gasteiger partial charge is 0.245 e. The topological polar surface area (TPSA) is 98.1 Å². The molecule has 1 aliphatic rings. The van der Waals surface area contributed by atoms with Crippen LogP contribution in [0.5, 0.6) is 11.5 Å². The fraction of sp³-hybridized carbons (Fsp3) is 0.233. The van der Waals surface area contributed by atoms with Gasteiger partial charge in [0.05, 0.1) is 33.6 Å². The molecular formula is C30H28FN7O2S. The molecule has 5 aromatic rings. The third-order valence-corrected chi connectivity index (χ3v) is 8.46. The lowest BCUT2D eigenvalue weighted by Crippen LogP contribution is -2.38. The van der Waals surface area contributed by atoms with Crippen LogP contribution in [-0.4, -0.2) is 53.6 Å². The van der Waals surface area contributed by atoms with Crippen LogP contribution in [0, 0.1) is 12.7 Å². The highest BCUT2D eigenvalue weighted by Crippen LogP contribution is 2.35. The second-order valence-corrected chi connectivity index (χ2v) is 11.2. The number of amides is 1. The van der Waals surface area contributed by atoms with Crippen LogP contribution in [0.1, 0.15) is 18.4 Å². The largest absolute Gasteiger partial charge is 0.457 e. The number of fused-ring (bicyclic) bond motifs is 2. The van der Waals surface area contributed by atoms with Gasteiger partial charge in [-0.3, -0.25) is 4.79 Å². The molecule has 0 unspecified atom stereocenters. The number of ether oxygens (including phenoxy) is 1. The summed E-state index contributed by atoms with van der Waals surface area (Å²) >= 11 is 1.67. The van der Waals surface area contributed by atoms with Crippen molar-refractivity contribution in [2.24, 2.45) is 7.05 Å².